The molecular formula is C17H11Cl2N3O. The molecular weight excluding hydrogens is 333 g/mol. The molecule has 0 saturated heterocycles. The number of benzene rings is 1. The summed E-state index contributed by atoms with van der Waals surface area (Å²) in [5.74, 6) is -0.312. The zero-order valence-corrected chi connectivity index (χ0v) is 13.3. The van der Waals surface area contributed by atoms with Gasteiger partial charge in [-0.25, -0.2) is 0 Å². The average Bonchev–Trinajstić information content (AvgIpc) is 2.55. The molecule has 0 unspecified atom stereocenters. The summed E-state index contributed by atoms with van der Waals surface area (Å²) in [6.07, 6.45) is 4.78. The minimum Gasteiger partial charge on any atom is -0.319 e. The number of carbonyl (C=O) groups is 1. The van der Waals surface area contributed by atoms with E-state index in [0.29, 0.717) is 21.4 Å². The fourth-order valence-corrected chi connectivity index (χ4v) is 2.61. The molecule has 23 heavy (non-hydrogen) atoms. The maximum Gasteiger partial charge on any atom is 0.274 e. The largest absolute Gasteiger partial charge is 0.319 e. The highest BCUT2D eigenvalue weighted by Crippen LogP contribution is 2.27. The lowest BCUT2D eigenvalue weighted by atomic mass is 10.1. The van der Waals surface area contributed by atoms with Crippen LogP contribution in [-0.2, 0) is 0 Å². The zero-order valence-electron chi connectivity index (χ0n) is 11.8. The predicted molar refractivity (Wildman–Crippen MR) is 91.9 cm³/mol. The van der Waals surface area contributed by atoms with Crippen molar-refractivity contribution >= 4 is 34.8 Å². The van der Waals surface area contributed by atoms with Gasteiger partial charge < -0.3 is 5.32 Å². The van der Waals surface area contributed by atoms with Gasteiger partial charge in [0.05, 0.1) is 11.9 Å². The monoisotopic (exact) mass is 343 g/mol. The molecule has 4 nitrogen and oxygen atoms in total. The molecule has 0 saturated carbocycles. The Morgan fingerprint density at radius 1 is 0.957 bits per heavy atom. The maximum absolute atomic E-state index is 12.3. The maximum atomic E-state index is 12.3. The molecule has 0 fully saturated rings. The molecule has 0 spiro atoms. The molecule has 2 aromatic heterocycles. The Morgan fingerprint density at radius 2 is 1.74 bits per heavy atom. The van der Waals surface area contributed by atoms with Gasteiger partial charge in [-0.3, -0.25) is 14.8 Å². The molecule has 0 bridgehead atoms. The molecule has 0 aliphatic heterocycles. The van der Waals surface area contributed by atoms with E-state index in [0.717, 1.165) is 11.1 Å². The number of hydrogen-bond acceptors (Lipinski definition) is 3. The standard InChI is InChI=1S/C17H11Cl2N3O/c18-13-6-12(7-14(19)9-13)11-3-5-21-16(8-11)17(23)22-15-2-1-4-20-10-15/h1-10H,(H,22,23). The van der Waals surface area contributed by atoms with Gasteiger partial charge >= 0.3 is 0 Å². The molecule has 114 valence electrons. The molecule has 0 aliphatic rings. The first kappa shape index (κ1) is 15.5. The summed E-state index contributed by atoms with van der Waals surface area (Å²) in [5, 5.41) is 3.81. The lowest BCUT2D eigenvalue weighted by molar-refractivity contribution is 0.102. The van der Waals surface area contributed by atoms with Gasteiger partial charge in [0.2, 0.25) is 0 Å². The van der Waals surface area contributed by atoms with Gasteiger partial charge in [0, 0.05) is 22.4 Å². The molecule has 1 N–H and O–H groups in total. The first-order chi connectivity index (χ1) is 11.1. The smallest absolute Gasteiger partial charge is 0.274 e. The Hall–Kier alpha value is -2.43. The number of nitrogens with one attached hydrogen (secondary N) is 1. The molecule has 1 amide bonds. The fourth-order valence-electron chi connectivity index (χ4n) is 2.09. The SMILES string of the molecule is O=C(Nc1cccnc1)c1cc(-c2cc(Cl)cc(Cl)c2)ccn1. The Morgan fingerprint density at radius 3 is 2.43 bits per heavy atom. The lowest BCUT2D eigenvalue weighted by Crippen LogP contribution is -2.13. The van der Waals surface area contributed by atoms with Crippen molar-refractivity contribution in [3.8, 4) is 11.1 Å². The van der Waals surface area contributed by atoms with Gasteiger partial charge in [0.1, 0.15) is 5.69 Å². The number of hydrogen-bond donors (Lipinski definition) is 1. The van der Waals surface area contributed by atoms with Crippen LogP contribution in [0.25, 0.3) is 11.1 Å². The van der Waals surface area contributed by atoms with Crippen molar-refractivity contribution in [3.05, 3.63) is 76.8 Å². The van der Waals surface area contributed by atoms with Crippen LogP contribution in [0.15, 0.2) is 61.1 Å². The number of halogens is 2. The minimum absolute atomic E-state index is 0.294. The number of amides is 1. The number of anilines is 1. The molecule has 1 aromatic carbocycles. The van der Waals surface area contributed by atoms with Crippen molar-refractivity contribution < 1.29 is 4.79 Å². The van der Waals surface area contributed by atoms with Crippen molar-refractivity contribution in [1.82, 2.24) is 9.97 Å². The molecule has 2 heterocycles. The zero-order chi connectivity index (χ0) is 16.2. The molecule has 6 heteroatoms. The number of pyridine rings is 2. The Labute approximate surface area is 143 Å². The van der Waals surface area contributed by atoms with Crippen molar-refractivity contribution in [2.45, 2.75) is 0 Å². The molecule has 0 radical (unpaired) electrons. The van der Waals surface area contributed by atoms with E-state index in [1.165, 1.54) is 0 Å². The van der Waals surface area contributed by atoms with Gasteiger partial charge in [-0.05, 0) is 53.6 Å². The van der Waals surface area contributed by atoms with Crippen molar-refractivity contribution in [2.24, 2.45) is 0 Å². The molecule has 3 aromatic rings. The first-order valence-corrected chi connectivity index (χ1v) is 7.51. The van der Waals surface area contributed by atoms with Crippen LogP contribution in [0.5, 0.6) is 0 Å². The van der Waals surface area contributed by atoms with Gasteiger partial charge in [-0.2, -0.15) is 0 Å². The highest BCUT2D eigenvalue weighted by molar-refractivity contribution is 6.35. The molecule has 3 rings (SSSR count). The number of nitrogens with zero attached hydrogens (tertiary/aromatic N) is 2. The highest BCUT2D eigenvalue weighted by atomic mass is 35.5. The van der Waals surface area contributed by atoms with Crippen LogP contribution < -0.4 is 5.32 Å². The molecule has 0 aliphatic carbocycles. The third kappa shape index (κ3) is 3.86. The first-order valence-electron chi connectivity index (χ1n) is 6.76. The number of carbonyl (C=O) groups excluding carboxylic acids is 1. The van der Waals surface area contributed by atoms with E-state index >= 15 is 0 Å². The Bertz CT molecular complexity index is 833. The van der Waals surface area contributed by atoms with Crippen LogP contribution in [0, 0.1) is 0 Å². The van der Waals surface area contributed by atoms with E-state index < -0.39 is 0 Å². The summed E-state index contributed by atoms with van der Waals surface area (Å²) >= 11 is 12.0. The topological polar surface area (TPSA) is 54.9 Å². The van der Waals surface area contributed by atoms with E-state index in [1.54, 1.807) is 61.1 Å². The normalized spacial score (nSPS) is 10.3. The van der Waals surface area contributed by atoms with Crippen LogP contribution in [0.1, 0.15) is 10.5 Å². The van der Waals surface area contributed by atoms with Gasteiger partial charge in [0.25, 0.3) is 5.91 Å². The second kappa shape index (κ2) is 6.77. The third-order valence-electron chi connectivity index (χ3n) is 3.11. The quantitative estimate of drug-likeness (QED) is 0.749. The van der Waals surface area contributed by atoms with E-state index in [-0.39, 0.29) is 5.91 Å². The predicted octanol–water partition coefficient (Wildman–Crippen LogP) is 4.70. The third-order valence-corrected chi connectivity index (χ3v) is 3.54. The van der Waals surface area contributed by atoms with E-state index in [1.807, 2.05) is 0 Å². The summed E-state index contributed by atoms with van der Waals surface area (Å²) in [7, 11) is 0. The van der Waals surface area contributed by atoms with Crippen LogP contribution >= 0.6 is 23.2 Å². The summed E-state index contributed by atoms with van der Waals surface area (Å²) in [6, 6.07) is 12.2. The summed E-state index contributed by atoms with van der Waals surface area (Å²) in [5.41, 5.74) is 2.53. The second-order valence-corrected chi connectivity index (χ2v) is 5.66. The summed E-state index contributed by atoms with van der Waals surface area (Å²) in [4.78, 5) is 20.3. The fraction of sp³-hybridized carbons (Fsp3) is 0. The van der Waals surface area contributed by atoms with E-state index in [2.05, 4.69) is 15.3 Å². The van der Waals surface area contributed by atoms with Crippen LogP contribution in [0.2, 0.25) is 10.0 Å². The second-order valence-electron chi connectivity index (χ2n) is 4.78. The lowest BCUT2D eigenvalue weighted by Gasteiger charge is -2.07. The Kier molecular flexibility index (Phi) is 4.55. The summed E-state index contributed by atoms with van der Waals surface area (Å²) in [6.45, 7) is 0. The molecule has 0 atom stereocenters. The summed E-state index contributed by atoms with van der Waals surface area (Å²) < 4.78 is 0. The van der Waals surface area contributed by atoms with Crippen LogP contribution in [-0.4, -0.2) is 15.9 Å². The number of aromatic nitrogens is 2. The van der Waals surface area contributed by atoms with Crippen LogP contribution in [0.3, 0.4) is 0 Å². The highest BCUT2D eigenvalue weighted by Gasteiger charge is 2.10. The van der Waals surface area contributed by atoms with E-state index in [9.17, 15) is 4.79 Å². The Balaban J connectivity index is 1.89. The minimum atomic E-state index is -0.312. The van der Waals surface area contributed by atoms with Gasteiger partial charge in [0.15, 0.2) is 0 Å². The van der Waals surface area contributed by atoms with Crippen molar-refractivity contribution in [1.29, 1.82) is 0 Å². The average molecular weight is 344 g/mol. The van der Waals surface area contributed by atoms with Gasteiger partial charge in [-0.15, -0.1) is 0 Å². The van der Waals surface area contributed by atoms with Crippen LogP contribution in [0.4, 0.5) is 5.69 Å². The van der Waals surface area contributed by atoms with Crippen molar-refractivity contribution in [3.63, 3.8) is 0 Å². The van der Waals surface area contributed by atoms with E-state index in [4.69, 9.17) is 23.2 Å². The van der Waals surface area contributed by atoms with Gasteiger partial charge in [-0.1, -0.05) is 23.2 Å². The van der Waals surface area contributed by atoms with Crippen molar-refractivity contribution in [2.75, 3.05) is 5.32 Å². The number of rotatable bonds is 3.